The SMILES string of the molecule is Cc1ncc2c(n1)C1(CCCN(Cc3c(C)noc3C)C1)CC2. The maximum Gasteiger partial charge on any atom is 0.138 e. The number of aryl methyl sites for hydroxylation is 4. The zero-order valence-electron chi connectivity index (χ0n) is 14.2. The van der Waals surface area contributed by atoms with Gasteiger partial charge in [-0.15, -0.1) is 0 Å². The summed E-state index contributed by atoms with van der Waals surface area (Å²) in [4.78, 5) is 11.8. The molecule has 122 valence electrons. The number of likely N-dealkylation sites (tertiary alicyclic amines) is 1. The summed E-state index contributed by atoms with van der Waals surface area (Å²) in [6.07, 6.45) is 6.84. The number of nitrogens with zero attached hydrogens (tertiary/aromatic N) is 4. The maximum absolute atomic E-state index is 5.33. The van der Waals surface area contributed by atoms with Crippen LogP contribution in [-0.4, -0.2) is 33.1 Å². The predicted octanol–water partition coefficient (Wildman–Crippen LogP) is 2.87. The molecular formula is C18H24N4O. The van der Waals surface area contributed by atoms with Crippen LogP contribution in [0.15, 0.2) is 10.7 Å². The Labute approximate surface area is 137 Å². The van der Waals surface area contributed by atoms with Crippen LogP contribution in [0.1, 0.15) is 53.4 Å². The summed E-state index contributed by atoms with van der Waals surface area (Å²) in [7, 11) is 0. The molecule has 1 spiro atoms. The lowest BCUT2D eigenvalue weighted by Crippen LogP contribution is -2.45. The van der Waals surface area contributed by atoms with Crippen molar-refractivity contribution in [3.8, 4) is 0 Å². The van der Waals surface area contributed by atoms with E-state index in [0.717, 1.165) is 43.3 Å². The summed E-state index contributed by atoms with van der Waals surface area (Å²) < 4.78 is 5.33. The predicted molar refractivity (Wildman–Crippen MR) is 87.3 cm³/mol. The van der Waals surface area contributed by atoms with Gasteiger partial charge in [0.05, 0.1) is 11.4 Å². The molecule has 1 unspecified atom stereocenters. The van der Waals surface area contributed by atoms with Crippen LogP contribution in [0.2, 0.25) is 0 Å². The highest BCUT2D eigenvalue weighted by molar-refractivity contribution is 5.34. The number of hydrogen-bond acceptors (Lipinski definition) is 5. The molecule has 1 aliphatic carbocycles. The fourth-order valence-corrected chi connectivity index (χ4v) is 4.34. The summed E-state index contributed by atoms with van der Waals surface area (Å²) >= 11 is 0. The zero-order valence-corrected chi connectivity index (χ0v) is 14.2. The number of aromatic nitrogens is 3. The topological polar surface area (TPSA) is 55.1 Å². The third kappa shape index (κ3) is 2.47. The Kier molecular flexibility index (Phi) is 3.48. The Morgan fingerprint density at radius 3 is 2.91 bits per heavy atom. The van der Waals surface area contributed by atoms with Gasteiger partial charge in [0, 0.05) is 30.3 Å². The molecule has 5 heteroatoms. The highest BCUT2D eigenvalue weighted by atomic mass is 16.5. The molecule has 0 aromatic carbocycles. The number of hydrogen-bond donors (Lipinski definition) is 0. The van der Waals surface area contributed by atoms with E-state index in [1.807, 2.05) is 27.0 Å². The summed E-state index contributed by atoms with van der Waals surface area (Å²) in [5.41, 5.74) is 5.16. The average molecular weight is 312 g/mol. The maximum atomic E-state index is 5.33. The molecule has 0 saturated carbocycles. The molecule has 2 aromatic heterocycles. The van der Waals surface area contributed by atoms with Crippen molar-refractivity contribution in [2.75, 3.05) is 13.1 Å². The van der Waals surface area contributed by atoms with Gasteiger partial charge in [-0.25, -0.2) is 9.97 Å². The van der Waals surface area contributed by atoms with E-state index < -0.39 is 0 Å². The van der Waals surface area contributed by atoms with Crippen molar-refractivity contribution in [2.24, 2.45) is 0 Å². The third-order valence-corrected chi connectivity index (χ3v) is 5.58. The molecule has 2 aliphatic rings. The fraction of sp³-hybridized carbons (Fsp3) is 0.611. The van der Waals surface area contributed by atoms with Gasteiger partial charge in [0.2, 0.25) is 0 Å². The van der Waals surface area contributed by atoms with Gasteiger partial charge in [-0.3, -0.25) is 4.90 Å². The van der Waals surface area contributed by atoms with Gasteiger partial charge in [0.15, 0.2) is 0 Å². The van der Waals surface area contributed by atoms with Crippen LogP contribution >= 0.6 is 0 Å². The fourth-order valence-electron chi connectivity index (χ4n) is 4.34. The van der Waals surface area contributed by atoms with Gasteiger partial charge < -0.3 is 4.52 Å². The monoisotopic (exact) mass is 312 g/mol. The molecule has 1 fully saturated rings. The minimum Gasteiger partial charge on any atom is -0.361 e. The number of fused-ring (bicyclic) bond motifs is 2. The average Bonchev–Trinajstić information content (AvgIpc) is 3.03. The first-order valence-corrected chi connectivity index (χ1v) is 8.54. The second kappa shape index (κ2) is 5.41. The molecule has 0 N–H and O–H groups in total. The molecule has 0 radical (unpaired) electrons. The molecule has 0 bridgehead atoms. The lowest BCUT2D eigenvalue weighted by molar-refractivity contribution is 0.136. The molecule has 3 heterocycles. The van der Waals surface area contributed by atoms with E-state index >= 15 is 0 Å². The first-order chi connectivity index (χ1) is 11.1. The van der Waals surface area contributed by atoms with Crippen LogP contribution in [0.25, 0.3) is 0 Å². The van der Waals surface area contributed by atoms with Crippen molar-refractivity contribution in [1.82, 2.24) is 20.0 Å². The van der Waals surface area contributed by atoms with Crippen molar-refractivity contribution >= 4 is 0 Å². The second-order valence-corrected chi connectivity index (χ2v) is 7.19. The third-order valence-electron chi connectivity index (χ3n) is 5.58. The minimum absolute atomic E-state index is 0.222. The summed E-state index contributed by atoms with van der Waals surface area (Å²) in [6.45, 7) is 9.20. The standard InChI is InChI=1S/C18H24N4O/c1-12-16(13(2)23-21-12)10-22-8-4-6-18(11-22)7-5-15-9-19-14(3)20-17(15)18/h9H,4-8,10-11H2,1-3H3. The molecule has 4 rings (SSSR count). The quantitative estimate of drug-likeness (QED) is 0.853. The highest BCUT2D eigenvalue weighted by Crippen LogP contribution is 2.44. The first-order valence-electron chi connectivity index (χ1n) is 8.54. The van der Waals surface area contributed by atoms with Gasteiger partial charge in [0.25, 0.3) is 0 Å². The summed E-state index contributed by atoms with van der Waals surface area (Å²) in [5.74, 6) is 1.85. The Morgan fingerprint density at radius 2 is 2.13 bits per heavy atom. The van der Waals surface area contributed by atoms with Crippen LogP contribution in [0.5, 0.6) is 0 Å². The number of piperidine rings is 1. The van der Waals surface area contributed by atoms with E-state index in [1.54, 1.807) is 0 Å². The van der Waals surface area contributed by atoms with E-state index in [2.05, 4.69) is 15.0 Å². The Morgan fingerprint density at radius 1 is 1.26 bits per heavy atom. The molecule has 23 heavy (non-hydrogen) atoms. The second-order valence-electron chi connectivity index (χ2n) is 7.19. The lowest BCUT2D eigenvalue weighted by atomic mass is 9.77. The van der Waals surface area contributed by atoms with Gasteiger partial charge in [0.1, 0.15) is 11.6 Å². The molecule has 5 nitrogen and oxygen atoms in total. The molecule has 2 aromatic rings. The lowest BCUT2D eigenvalue weighted by Gasteiger charge is -2.40. The largest absolute Gasteiger partial charge is 0.361 e. The van der Waals surface area contributed by atoms with Crippen molar-refractivity contribution in [1.29, 1.82) is 0 Å². The van der Waals surface area contributed by atoms with Crippen LogP contribution in [0.4, 0.5) is 0 Å². The van der Waals surface area contributed by atoms with Crippen LogP contribution in [-0.2, 0) is 18.4 Å². The van der Waals surface area contributed by atoms with E-state index in [0.29, 0.717) is 0 Å². The van der Waals surface area contributed by atoms with Gasteiger partial charge in [-0.1, -0.05) is 5.16 Å². The molecular weight excluding hydrogens is 288 g/mol. The van der Waals surface area contributed by atoms with Crippen LogP contribution in [0, 0.1) is 20.8 Å². The van der Waals surface area contributed by atoms with Crippen molar-refractivity contribution in [2.45, 2.75) is 58.4 Å². The van der Waals surface area contributed by atoms with Crippen molar-refractivity contribution in [3.05, 3.63) is 40.3 Å². The molecule has 0 amide bonds. The Balaban J connectivity index is 1.60. The van der Waals surface area contributed by atoms with Gasteiger partial charge in [-0.05, 0) is 58.6 Å². The smallest absolute Gasteiger partial charge is 0.138 e. The van der Waals surface area contributed by atoms with Gasteiger partial charge >= 0.3 is 0 Å². The van der Waals surface area contributed by atoms with Crippen LogP contribution in [0.3, 0.4) is 0 Å². The van der Waals surface area contributed by atoms with E-state index in [1.165, 1.54) is 36.1 Å². The van der Waals surface area contributed by atoms with Crippen LogP contribution < -0.4 is 0 Å². The number of rotatable bonds is 2. The first kappa shape index (κ1) is 14.8. The normalized spacial score (nSPS) is 24.3. The van der Waals surface area contributed by atoms with Crippen molar-refractivity contribution < 1.29 is 4.52 Å². The van der Waals surface area contributed by atoms with Gasteiger partial charge in [-0.2, -0.15) is 0 Å². The van der Waals surface area contributed by atoms with E-state index in [-0.39, 0.29) is 5.41 Å². The molecule has 1 saturated heterocycles. The minimum atomic E-state index is 0.222. The summed E-state index contributed by atoms with van der Waals surface area (Å²) in [6, 6.07) is 0. The summed E-state index contributed by atoms with van der Waals surface area (Å²) in [5, 5.41) is 4.10. The van der Waals surface area contributed by atoms with E-state index in [9.17, 15) is 0 Å². The molecule has 1 aliphatic heterocycles. The molecule has 1 atom stereocenters. The van der Waals surface area contributed by atoms with Crippen molar-refractivity contribution in [3.63, 3.8) is 0 Å². The highest BCUT2D eigenvalue weighted by Gasteiger charge is 2.43. The van der Waals surface area contributed by atoms with E-state index in [4.69, 9.17) is 9.51 Å². The Hall–Kier alpha value is -1.75. The zero-order chi connectivity index (χ0) is 16.0. The Bertz CT molecular complexity index is 715.